The fourth-order valence-electron chi connectivity index (χ4n) is 0.889. The van der Waals surface area contributed by atoms with E-state index in [-0.39, 0.29) is 6.61 Å². The van der Waals surface area contributed by atoms with E-state index < -0.39 is 23.7 Å². The lowest BCUT2D eigenvalue weighted by atomic mass is 10.0. The monoisotopic (exact) mass is 181 g/mol. The minimum Gasteiger partial charge on any atom is -0.394 e. The predicted molar refractivity (Wildman–Crippen MR) is 37.9 cm³/mol. The van der Waals surface area contributed by atoms with Crippen LogP contribution in [0.1, 0.15) is 0 Å². The van der Waals surface area contributed by atoms with Gasteiger partial charge in [0.2, 0.25) is 0 Å². The second kappa shape index (κ2) is 3.69. The zero-order valence-electron chi connectivity index (χ0n) is 5.72. The van der Waals surface area contributed by atoms with Crippen molar-refractivity contribution >= 4 is 11.6 Å². The molecule has 0 aliphatic carbocycles. The molecule has 0 aromatic carbocycles. The van der Waals surface area contributed by atoms with Crippen molar-refractivity contribution in [2.75, 3.05) is 6.61 Å². The van der Waals surface area contributed by atoms with Crippen molar-refractivity contribution in [1.29, 1.82) is 0 Å². The van der Waals surface area contributed by atoms with E-state index in [1.165, 1.54) is 0 Å². The SMILES string of the molecule is OC[C@H]1O[CH][C@H](O)[C@@H](O)[C@@H]1Cl. The van der Waals surface area contributed by atoms with Gasteiger partial charge in [0.25, 0.3) is 0 Å². The molecule has 1 heterocycles. The molecule has 0 unspecified atom stereocenters. The number of aliphatic hydroxyl groups excluding tert-OH is 3. The highest BCUT2D eigenvalue weighted by molar-refractivity contribution is 6.21. The summed E-state index contributed by atoms with van der Waals surface area (Å²) in [6, 6.07) is 0. The molecule has 65 valence electrons. The second-order valence-corrected chi connectivity index (χ2v) is 2.92. The van der Waals surface area contributed by atoms with E-state index in [1.807, 2.05) is 0 Å². The maximum atomic E-state index is 9.14. The smallest absolute Gasteiger partial charge is 0.115 e. The third-order valence-corrected chi connectivity index (χ3v) is 2.14. The number of aliphatic hydroxyl groups is 3. The van der Waals surface area contributed by atoms with Crippen LogP contribution in [0, 0.1) is 6.61 Å². The molecular formula is C6H10ClO4. The Balaban J connectivity index is 2.52. The van der Waals surface area contributed by atoms with E-state index in [4.69, 9.17) is 31.7 Å². The van der Waals surface area contributed by atoms with Crippen LogP contribution in [0.5, 0.6) is 0 Å². The van der Waals surface area contributed by atoms with Crippen molar-refractivity contribution in [1.82, 2.24) is 0 Å². The van der Waals surface area contributed by atoms with Crippen LogP contribution in [-0.4, -0.2) is 45.6 Å². The number of hydrogen-bond acceptors (Lipinski definition) is 4. The summed E-state index contributed by atoms with van der Waals surface area (Å²) >= 11 is 5.61. The summed E-state index contributed by atoms with van der Waals surface area (Å²) in [5.41, 5.74) is 0. The van der Waals surface area contributed by atoms with Gasteiger partial charge in [0.15, 0.2) is 0 Å². The molecule has 11 heavy (non-hydrogen) atoms. The third-order valence-electron chi connectivity index (χ3n) is 1.60. The first-order chi connectivity index (χ1) is 5.16. The Kier molecular flexibility index (Phi) is 3.09. The molecule has 1 saturated heterocycles. The van der Waals surface area contributed by atoms with Gasteiger partial charge in [0.1, 0.15) is 24.9 Å². The predicted octanol–water partition coefficient (Wildman–Crippen LogP) is -1.13. The van der Waals surface area contributed by atoms with Crippen LogP contribution in [0.3, 0.4) is 0 Å². The van der Waals surface area contributed by atoms with E-state index in [9.17, 15) is 0 Å². The molecule has 0 aromatic heterocycles. The Morgan fingerprint density at radius 3 is 2.64 bits per heavy atom. The first kappa shape index (κ1) is 9.22. The zero-order valence-corrected chi connectivity index (χ0v) is 6.48. The van der Waals surface area contributed by atoms with Gasteiger partial charge in [-0.15, -0.1) is 11.6 Å². The maximum Gasteiger partial charge on any atom is 0.115 e. The lowest BCUT2D eigenvalue weighted by Gasteiger charge is -2.33. The average molecular weight is 182 g/mol. The van der Waals surface area contributed by atoms with Gasteiger partial charge in [0.05, 0.1) is 12.0 Å². The number of alkyl halides is 1. The molecular weight excluding hydrogens is 172 g/mol. The summed E-state index contributed by atoms with van der Waals surface area (Å²) in [5, 5.41) is 26.0. The van der Waals surface area contributed by atoms with E-state index in [0.717, 1.165) is 6.61 Å². The van der Waals surface area contributed by atoms with Crippen LogP contribution in [0.4, 0.5) is 0 Å². The topological polar surface area (TPSA) is 69.9 Å². The van der Waals surface area contributed by atoms with Gasteiger partial charge in [-0.25, -0.2) is 0 Å². The number of ether oxygens (including phenoxy) is 1. The van der Waals surface area contributed by atoms with Crippen LogP contribution >= 0.6 is 11.6 Å². The molecule has 1 radical (unpaired) electrons. The van der Waals surface area contributed by atoms with E-state index in [1.54, 1.807) is 0 Å². The van der Waals surface area contributed by atoms with Crippen LogP contribution in [0.2, 0.25) is 0 Å². The molecule has 4 nitrogen and oxygen atoms in total. The van der Waals surface area contributed by atoms with Crippen LogP contribution in [-0.2, 0) is 4.74 Å². The Morgan fingerprint density at radius 2 is 2.09 bits per heavy atom. The summed E-state index contributed by atoms with van der Waals surface area (Å²) in [5.74, 6) is 0. The fourth-order valence-corrected chi connectivity index (χ4v) is 1.18. The van der Waals surface area contributed by atoms with Crippen LogP contribution < -0.4 is 0 Å². The minimum absolute atomic E-state index is 0.269. The molecule has 0 saturated carbocycles. The molecule has 5 heteroatoms. The molecule has 1 aliphatic heterocycles. The highest BCUT2D eigenvalue weighted by atomic mass is 35.5. The Morgan fingerprint density at radius 1 is 1.45 bits per heavy atom. The largest absolute Gasteiger partial charge is 0.394 e. The molecule has 4 atom stereocenters. The van der Waals surface area contributed by atoms with Crippen molar-refractivity contribution in [3.8, 4) is 0 Å². The van der Waals surface area contributed by atoms with Crippen molar-refractivity contribution in [3.05, 3.63) is 6.61 Å². The molecule has 1 rings (SSSR count). The van der Waals surface area contributed by atoms with E-state index >= 15 is 0 Å². The zero-order chi connectivity index (χ0) is 8.43. The number of halogens is 1. The third kappa shape index (κ3) is 1.83. The first-order valence-corrected chi connectivity index (χ1v) is 3.70. The summed E-state index contributed by atoms with van der Waals surface area (Å²) in [7, 11) is 0. The summed E-state index contributed by atoms with van der Waals surface area (Å²) < 4.78 is 4.81. The Hall–Kier alpha value is 0.130. The summed E-state index contributed by atoms with van der Waals surface area (Å²) in [6.07, 6.45) is -2.77. The van der Waals surface area contributed by atoms with E-state index in [0.29, 0.717) is 0 Å². The highest BCUT2D eigenvalue weighted by Crippen LogP contribution is 2.22. The van der Waals surface area contributed by atoms with Crippen molar-refractivity contribution < 1.29 is 20.1 Å². The average Bonchev–Trinajstić information content (AvgIpc) is 2.01. The molecule has 0 bridgehead atoms. The molecule has 0 aromatic rings. The Bertz CT molecular complexity index is 130. The fraction of sp³-hybridized carbons (Fsp3) is 0.833. The number of hydrogen-bond donors (Lipinski definition) is 3. The second-order valence-electron chi connectivity index (χ2n) is 2.42. The van der Waals surface area contributed by atoms with Crippen molar-refractivity contribution in [3.63, 3.8) is 0 Å². The molecule has 1 aliphatic rings. The van der Waals surface area contributed by atoms with Gasteiger partial charge in [-0.2, -0.15) is 0 Å². The molecule has 1 fully saturated rings. The van der Waals surface area contributed by atoms with E-state index in [2.05, 4.69) is 0 Å². The van der Waals surface area contributed by atoms with Gasteiger partial charge in [0, 0.05) is 0 Å². The van der Waals surface area contributed by atoms with Crippen LogP contribution in [0.15, 0.2) is 0 Å². The maximum absolute atomic E-state index is 9.14. The van der Waals surface area contributed by atoms with Gasteiger partial charge in [-0.1, -0.05) is 0 Å². The summed E-state index contributed by atoms with van der Waals surface area (Å²) in [4.78, 5) is 0. The molecule has 0 amide bonds. The van der Waals surface area contributed by atoms with Crippen molar-refractivity contribution in [2.24, 2.45) is 0 Å². The van der Waals surface area contributed by atoms with Gasteiger partial charge < -0.3 is 20.1 Å². The van der Waals surface area contributed by atoms with Crippen molar-refractivity contribution in [2.45, 2.75) is 23.7 Å². The number of rotatable bonds is 1. The highest BCUT2D eigenvalue weighted by Gasteiger charge is 2.37. The lowest BCUT2D eigenvalue weighted by Crippen LogP contribution is -2.49. The summed E-state index contributed by atoms with van der Waals surface area (Å²) in [6.45, 7) is 0.804. The van der Waals surface area contributed by atoms with Gasteiger partial charge >= 0.3 is 0 Å². The van der Waals surface area contributed by atoms with Crippen LogP contribution in [0.25, 0.3) is 0 Å². The van der Waals surface area contributed by atoms with Gasteiger partial charge in [-0.05, 0) is 0 Å². The molecule has 3 N–H and O–H groups in total. The standard InChI is InChI=1S/C6H10ClO4/c7-5-4(1-8)11-2-3(9)6(5)10/h2-6,8-10H,1H2/t3-,4+,5+,6+/m0/s1. The lowest BCUT2D eigenvalue weighted by molar-refractivity contribution is -0.0931. The normalized spacial score (nSPS) is 45.8. The first-order valence-electron chi connectivity index (χ1n) is 3.26. The minimum atomic E-state index is -1.07. The Labute approximate surface area is 69.4 Å². The molecule has 0 spiro atoms. The van der Waals surface area contributed by atoms with Gasteiger partial charge in [-0.3, -0.25) is 0 Å². The quantitative estimate of drug-likeness (QED) is 0.448.